The smallest absolute Gasteiger partial charge is 0.208 e. The molecule has 11 rings (SSSR count). The number of phenolic OH excluding ortho intramolecular Hbond substituents is 5. The van der Waals surface area contributed by atoms with Crippen molar-refractivity contribution < 1.29 is 29.9 Å². The number of furan rings is 1. The lowest BCUT2D eigenvalue weighted by molar-refractivity contribution is 0.330. The highest BCUT2D eigenvalue weighted by Gasteiger charge is 2.25. The summed E-state index contributed by atoms with van der Waals surface area (Å²) in [6, 6.07) is 52.0. The van der Waals surface area contributed by atoms with E-state index in [0.717, 1.165) is 38.6 Å². The molecule has 286 valence electrons. The van der Waals surface area contributed by atoms with Crippen molar-refractivity contribution in [3.63, 3.8) is 0 Å². The Balaban J connectivity index is 1.02. The molecule has 5 N–H and O–H groups in total. The van der Waals surface area contributed by atoms with Crippen LogP contribution in [0.2, 0.25) is 0 Å². The van der Waals surface area contributed by atoms with Gasteiger partial charge in [-0.15, -0.1) is 0 Å². The quantitative estimate of drug-likeness (QED) is 0.0652. The molecule has 11 aromatic rings. The zero-order valence-electron chi connectivity index (χ0n) is 31.5. The molecule has 0 unspecified atom stereocenters. The molecule has 9 aromatic carbocycles. The third-order valence-electron chi connectivity index (χ3n) is 11.3. The number of aromatic hydroxyl groups is 5. The number of benzene rings is 9. The van der Waals surface area contributed by atoms with Crippen molar-refractivity contribution in [3.8, 4) is 85.2 Å². The molecule has 0 bridgehead atoms. The zero-order valence-corrected chi connectivity index (χ0v) is 31.5. The summed E-state index contributed by atoms with van der Waals surface area (Å²) in [6.07, 6.45) is 0. The van der Waals surface area contributed by atoms with Gasteiger partial charge in [0.1, 0.15) is 11.2 Å². The first-order valence-electron chi connectivity index (χ1n) is 19.2. The van der Waals surface area contributed by atoms with E-state index in [-0.39, 0.29) is 11.1 Å². The molecule has 0 saturated carbocycles. The standard InChI is InChI=1S/C51H31N3O6/c55-44-43(45(56)47(58)48(59)46(44)57)30-11-8-12-31(23-30)50-52-49(27-9-2-1-3-10-27)53-51(54-50)32-19-22-41-40(25-32)38-21-18-29(26-42(38)60-41)28-17-20-37-35-15-5-4-13-33(35)34-14-6-7-16-36(34)39(37)24-28/h1-26,55-59H. The highest BCUT2D eigenvalue weighted by Crippen LogP contribution is 2.55. The lowest BCUT2D eigenvalue weighted by Gasteiger charge is -2.13. The van der Waals surface area contributed by atoms with E-state index in [1.54, 1.807) is 24.3 Å². The Morgan fingerprint density at radius 1 is 0.283 bits per heavy atom. The van der Waals surface area contributed by atoms with Crippen LogP contribution in [0.15, 0.2) is 162 Å². The summed E-state index contributed by atoms with van der Waals surface area (Å²) >= 11 is 0. The molecule has 0 radical (unpaired) electrons. The fourth-order valence-electron chi connectivity index (χ4n) is 8.31. The van der Waals surface area contributed by atoms with Gasteiger partial charge in [-0.25, -0.2) is 15.0 Å². The summed E-state index contributed by atoms with van der Waals surface area (Å²) < 4.78 is 6.46. The van der Waals surface area contributed by atoms with Crippen molar-refractivity contribution in [2.75, 3.05) is 0 Å². The van der Waals surface area contributed by atoms with Gasteiger partial charge in [0.25, 0.3) is 0 Å². The number of hydrogen-bond acceptors (Lipinski definition) is 9. The molecule has 60 heavy (non-hydrogen) atoms. The summed E-state index contributed by atoms with van der Waals surface area (Å²) in [4.78, 5) is 14.6. The Morgan fingerprint density at radius 3 is 1.38 bits per heavy atom. The molecule has 0 fully saturated rings. The highest BCUT2D eigenvalue weighted by molar-refractivity contribution is 6.25. The first-order valence-corrected chi connectivity index (χ1v) is 19.2. The average Bonchev–Trinajstić information content (AvgIpc) is 3.68. The molecule has 0 amide bonds. The predicted octanol–water partition coefficient (Wildman–Crippen LogP) is 12.1. The van der Waals surface area contributed by atoms with Gasteiger partial charge < -0.3 is 29.9 Å². The van der Waals surface area contributed by atoms with Gasteiger partial charge in [0, 0.05) is 27.5 Å². The Hall–Kier alpha value is -8.43. The molecule has 2 heterocycles. The maximum Gasteiger partial charge on any atom is 0.208 e. The second-order valence-electron chi connectivity index (χ2n) is 14.7. The highest BCUT2D eigenvalue weighted by atomic mass is 16.4. The van der Waals surface area contributed by atoms with Gasteiger partial charge in [0.2, 0.25) is 17.2 Å². The Labute approximate surface area is 341 Å². The average molecular weight is 782 g/mol. The predicted molar refractivity (Wildman–Crippen MR) is 235 cm³/mol. The van der Waals surface area contributed by atoms with Gasteiger partial charge in [-0.3, -0.25) is 0 Å². The van der Waals surface area contributed by atoms with Crippen molar-refractivity contribution in [2.45, 2.75) is 0 Å². The third-order valence-corrected chi connectivity index (χ3v) is 11.3. The third kappa shape index (κ3) is 5.44. The Bertz CT molecular complexity index is 3500. The topological polar surface area (TPSA) is 153 Å². The molecule has 0 saturated heterocycles. The Kier molecular flexibility index (Phi) is 7.73. The number of fused-ring (bicyclic) bond motifs is 9. The van der Waals surface area contributed by atoms with Crippen LogP contribution in [0.25, 0.3) is 111 Å². The van der Waals surface area contributed by atoms with Gasteiger partial charge in [-0.2, -0.15) is 0 Å². The van der Waals surface area contributed by atoms with E-state index < -0.39 is 28.7 Å². The molecule has 0 aliphatic carbocycles. The second kappa shape index (κ2) is 13.3. The largest absolute Gasteiger partial charge is 0.504 e. The van der Waals surface area contributed by atoms with Crippen molar-refractivity contribution >= 4 is 54.3 Å². The van der Waals surface area contributed by atoms with E-state index in [1.165, 1.54) is 32.3 Å². The minimum Gasteiger partial charge on any atom is -0.504 e. The molecular formula is C51H31N3O6. The maximum atomic E-state index is 10.7. The molecule has 0 spiro atoms. The van der Waals surface area contributed by atoms with Crippen LogP contribution in [-0.2, 0) is 0 Å². The number of phenols is 5. The van der Waals surface area contributed by atoms with Crippen LogP contribution < -0.4 is 0 Å². The number of hydrogen-bond donors (Lipinski definition) is 5. The van der Waals surface area contributed by atoms with Crippen LogP contribution in [0.3, 0.4) is 0 Å². The number of aromatic nitrogens is 3. The van der Waals surface area contributed by atoms with Crippen LogP contribution in [-0.4, -0.2) is 40.5 Å². The van der Waals surface area contributed by atoms with E-state index in [4.69, 9.17) is 19.4 Å². The van der Waals surface area contributed by atoms with Crippen LogP contribution in [0, 0.1) is 0 Å². The lowest BCUT2D eigenvalue weighted by Crippen LogP contribution is -2.00. The van der Waals surface area contributed by atoms with E-state index in [9.17, 15) is 25.5 Å². The second-order valence-corrected chi connectivity index (χ2v) is 14.7. The normalized spacial score (nSPS) is 11.7. The monoisotopic (exact) mass is 781 g/mol. The number of nitrogens with zero attached hydrogens (tertiary/aromatic N) is 3. The number of rotatable bonds is 5. The van der Waals surface area contributed by atoms with Crippen LogP contribution >= 0.6 is 0 Å². The summed E-state index contributed by atoms with van der Waals surface area (Å²) in [5.74, 6) is -3.44. The van der Waals surface area contributed by atoms with Gasteiger partial charge in [-0.1, -0.05) is 115 Å². The van der Waals surface area contributed by atoms with Crippen LogP contribution in [0.5, 0.6) is 28.7 Å². The molecule has 9 nitrogen and oxygen atoms in total. The first-order chi connectivity index (χ1) is 29.3. The first kappa shape index (κ1) is 34.8. The fourth-order valence-corrected chi connectivity index (χ4v) is 8.31. The van der Waals surface area contributed by atoms with Crippen molar-refractivity contribution in [2.24, 2.45) is 0 Å². The maximum absolute atomic E-state index is 10.7. The minimum atomic E-state index is -1.03. The fraction of sp³-hybridized carbons (Fsp3) is 0. The summed E-state index contributed by atoms with van der Waals surface area (Å²) in [5, 5.41) is 61.0. The summed E-state index contributed by atoms with van der Waals surface area (Å²) in [5.41, 5.74) is 5.53. The molecule has 2 aromatic heterocycles. The van der Waals surface area contributed by atoms with E-state index in [1.807, 2.05) is 48.5 Å². The van der Waals surface area contributed by atoms with Crippen molar-refractivity contribution in [1.82, 2.24) is 15.0 Å². The van der Waals surface area contributed by atoms with Crippen LogP contribution in [0.4, 0.5) is 0 Å². The summed E-state index contributed by atoms with van der Waals surface area (Å²) in [6.45, 7) is 0. The SMILES string of the molecule is Oc1c(O)c(O)c(-c2cccc(-c3nc(-c4ccccc4)nc(-c4ccc5oc6cc(-c7ccc8c9ccccc9c9ccccc9c8c7)ccc6c5c4)n3)c2)c(O)c1O. The van der Waals surface area contributed by atoms with E-state index >= 15 is 0 Å². The molecule has 9 heteroatoms. The summed E-state index contributed by atoms with van der Waals surface area (Å²) in [7, 11) is 0. The van der Waals surface area contributed by atoms with Crippen molar-refractivity contribution in [3.05, 3.63) is 158 Å². The molecule has 0 aliphatic rings. The Morgan fingerprint density at radius 2 is 0.733 bits per heavy atom. The zero-order chi connectivity index (χ0) is 40.6. The van der Waals surface area contributed by atoms with Gasteiger partial charge >= 0.3 is 0 Å². The molecule has 0 aliphatic heterocycles. The lowest BCUT2D eigenvalue weighted by atomic mass is 9.92. The minimum absolute atomic E-state index is 0.229. The van der Waals surface area contributed by atoms with Gasteiger partial charge in [0.05, 0.1) is 5.56 Å². The van der Waals surface area contributed by atoms with Gasteiger partial charge in [0.15, 0.2) is 29.0 Å². The van der Waals surface area contributed by atoms with Crippen LogP contribution in [0.1, 0.15) is 0 Å². The molecule has 0 atom stereocenters. The van der Waals surface area contributed by atoms with Gasteiger partial charge in [-0.05, 0) is 91.5 Å². The van der Waals surface area contributed by atoms with Crippen molar-refractivity contribution in [1.29, 1.82) is 0 Å². The van der Waals surface area contributed by atoms with E-state index in [2.05, 4.69) is 84.9 Å². The van der Waals surface area contributed by atoms with E-state index in [0.29, 0.717) is 28.6 Å². The molecular weight excluding hydrogens is 751 g/mol.